The van der Waals surface area contributed by atoms with Gasteiger partial charge >= 0.3 is 0 Å². The molecule has 0 saturated carbocycles. The van der Waals surface area contributed by atoms with E-state index in [2.05, 4.69) is 19.9 Å². The molecule has 0 aliphatic carbocycles. The normalized spacial score (nSPS) is 10.1. The van der Waals surface area contributed by atoms with Gasteiger partial charge in [-0.25, -0.2) is 9.97 Å². The van der Waals surface area contributed by atoms with E-state index in [0.717, 1.165) is 0 Å². The molecule has 0 fully saturated rings. The highest BCUT2D eigenvalue weighted by molar-refractivity contribution is 5.92. The molecule has 4 aromatic heterocycles. The maximum Gasteiger partial charge on any atom is 0.179 e. The Kier molecular flexibility index (Phi) is 5.80. The average molecular weight is 364 g/mol. The van der Waals surface area contributed by atoms with Crippen LogP contribution in [0.15, 0.2) is 70.4 Å². The van der Waals surface area contributed by atoms with Gasteiger partial charge in [0.15, 0.2) is 17.3 Å². The van der Waals surface area contributed by atoms with E-state index < -0.39 is 0 Å². The monoisotopic (exact) mass is 364 g/mol. The van der Waals surface area contributed by atoms with E-state index in [1.165, 1.54) is 19.3 Å². The summed E-state index contributed by atoms with van der Waals surface area (Å²) >= 11 is 0. The molecule has 4 heterocycles. The van der Waals surface area contributed by atoms with Crippen molar-refractivity contribution in [3.05, 3.63) is 73.0 Å². The number of hydrogen-bond acceptors (Lipinski definition) is 8. The van der Waals surface area contributed by atoms with E-state index >= 15 is 0 Å². The summed E-state index contributed by atoms with van der Waals surface area (Å²) < 4.78 is 10.3. The van der Waals surface area contributed by atoms with Gasteiger partial charge in [-0.2, -0.15) is 0 Å². The van der Waals surface area contributed by atoms with Crippen molar-refractivity contribution in [2.75, 3.05) is 0 Å². The molecule has 0 atom stereocenters. The van der Waals surface area contributed by atoms with E-state index in [0.29, 0.717) is 34.3 Å². The minimum absolute atomic E-state index is 0.106. The number of aliphatic hydroxyl groups excluding tert-OH is 1. The molecule has 8 heteroatoms. The molecule has 4 rings (SSSR count). The fourth-order valence-corrected chi connectivity index (χ4v) is 2.10. The molecule has 0 bridgehead atoms. The van der Waals surface area contributed by atoms with Crippen LogP contribution >= 0.6 is 0 Å². The summed E-state index contributed by atoms with van der Waals surface area (Å²) in [6.07, 6.45) is 9.24. The van der Waals surface area contributed by atoms with Crippen molar-refractivity contribution in [3.63, 3.8) is 0 Å². The largest absolute Gasteiger partial charge is 0.463 e. The molecule has 0 amide bonds. The Morgan fingerprint density at radius 3 is 2.04 bits per heavy atom. The van der Waals surface area contributed by atoms with Crippen LogP contribution < -0.4 is 0 Å². The number of carbonyl (C=O) groups excluding carboxylic acids is 1. The molecule has 8 nitrogen and oxygen atoms in total. The molecule has 0 saturated heterocycles. The Balaban J connectivity index is 0.000000156. The predicted molar refractivity (Wildman–Crippen MR) is 95.4 cm³/mol. The van der Waals surface area contributed by atoms with Crippen LogP contribution in [0.1, 0.15) is 23.1 Å². The van der Waals surface area contributed by atoms with Crippen LogP contribution in [0.3, 0.4) is 0 Å². The van der Waals surface area contributed by atoms with Crippen LogP contribution in [0.2, 0.25) is 0 Å². The highest BCUT2D eigenvalue weighted by Crippen LogP contribution is 2.16. The fourth-order valence-electron chi connectivity index (χ4n) is 2.10. The first-order valence-electron chi connectivity index (χ1n) is 8.00. The number of aliphatic hydroxyl groups is 1. The van der Waals surface area contributed by atoms with Crippen molar-refractivity contribution in [1.29, 1.82) is 0 Å². The third-order valence-electron chi connectivity index (χ3n) is 3.39. The molecule has 0 aromatic carbocycles. The van der Waals surface area contributed by atoms with E-state index in [1.807, 2.05) is 0 Å². The molecule has 0 unspecified atom stereocenters. The maximum absolute atomic E-state index is 11.0. The molecule has 0 aliphatic heterocycles. The van der Waals surface area contributed by atoms with E-state index in [1.54, 1.807) is 49.2 Å². The van der Waals surface area contributed by atoms with Gasteiger partial charge in [-0.05, 0) is 24.3 Å². The van der Waals surface area contributed by atoms with Crippen molar-refractivity contribution in [3.8, 4) is 22.9 Å². The predicted octanol–water partition coefficient (Wildman–Crippen LogP) is 3.17. The first-order valence-corrected chi connectivity index (χ1v) is 8.00. The van der Waals surface area contributed by atoms with E-state index in [4.69, 9.17) is 13.9 Å². The third kappa shape index (κ3) is 4.71. The van der Waals surface area contributed by atoms with Gasteiger partial charge in [-0.15, -0.1) is 0 Å². The van der Waals surface area contributed by atoms with Gasteiger partial charge in [0, 0.05) is 6.92 Å². The Morgan fingerprint density at radius 1 is 0.926 bits per heavy atom. The SMILES string of the molecule is CC(=O)c1cncc(-c2ccco2)n1.OCc1cncc(-c2ccco2)n1. The molecule has 4 aromatic rings. The number of furan rings is 2. The lowest BCUT2D eigenvalue weighted by molar-refractivity contribution is 0.101. The molecule has 27 heavy (non-hydrogen) atoms. The number of aromatic nitrogens is 4. The van der Waals surface area contributed by atoms with Crippen molar-refractivity contribution < 1.29 is 18.7 Å². The number of nitrogens with zero attached hydrogens (tertiary/aromatic N) is 4. The van der Waals surface area contributed by atoms with Crippen molar-refractivity contribution in [2.45, 2.75) is 13.5 Å². The van der Waals surface area contributed by atoms with Crippen molar-refractivity contribution in [1.82, 2.24) is 19.9 Å². The molecule has 0 aliphatic rings. The summed E-state index contributed by atoms with van der Waals surface area (Å²) in [4.78, 5) is 27.1. The first kappa shape index (κ1) is 18.2. The molecule has 1 N–H and O–H groups in total. The Morgan fingerprint density at radius 2 is 1.52 bits per heavy atom. The number of ketones is 1. The highest BCUT2D eigenvalue weighted by atomic mass is 16.3. The van der Waals surface area contributed by atoms with Gasteiger partial charge in [-0.3, -0.25) is 14.8 Å². The molecule has 0 radical (unpaired) electrons. The van der Waals surface area contributed by atoms with E-state index in [9.17, 15) is 4.79 Å². The first-order chi connectivity index (χ1) is 13.2. The topological polar surface area (TPSA) is 115 Å². The summed E-state index contributed by atoms with van der Waals surface area (Å²) in [5.74, 6) is 1.16. The van der Waals surface area contributed by atoms with Crippen LogP contribution in [0.4, 0.5) is 0 Å². The van der Waals surface area contributed by atoms with Crippen LogP contribution in [0.25, 0.3) is 22.9 Å². The number of hydrogen-bond donors (Lipinski definition) is 1. The second kappa shape index (κ2) is 8.63. The lowest BCUT2D eigenvalue weighted by Crippen LogP contribution is -1.98. The summed E-state index contributed by atoms with van der Waals surface area (Å²) in [5.41, 5.74) is 2.09. The second-order valence-corrected chi connectivity index (χ2v) is 5.35. The van der Waals surface area contributed by atoms with Crippen LogP contribution in [0.5, 0.6) is 0 Å². The Labute approximate surface area is 154 Å². The quantitative estimate of drug-likeness (QED) is 0.549. The lowest BCUT2D eigenvalue weighted by atomic mass is 10.3. The van der Waals surface area contributed by atoms with Gasteiger partial charge in [0.1, 0.15) is 17.1 Å². The zero-order valence-corrected chi connectivity index (χ0v) is 14.4. The summed E-state index contributed by atoms with van der Waals surface area (Å²) in [7, 11) is 0. The van der Waals surface area contributed by atoms with Crippen LogP contribution in [0, 0.1) is 0 Å². The Bertz CT molecular complexity index is 998. The zero-order valence-electron chi connectivity index (χ0n) is 14.4. The summed E-state index contributed by atoms with van der Waals surface area (Å²) in [6, 6.07) is 7.11. The van der Waals surface area contributed by atoms with E-state index in [-0.39, 0.29) is 12.4 Å². The standard InChI is InChI=1S/C10H8N2O2.C9H8N2O2/c1-7(13)8-5-11-6-9(12-8)10-3-2-4-14-10;12-6-7-4-10-5-8(11-7)9-2-1-3-13-9/h2-6H,1H3;1-5,12H,6H2. The zero-order chi connectivity index (χ0) is 19.1. The molecular formula is C19H16N4O4. The van der Waals surface area contributed by atoms with Crippen molar-refractivity contribution >= 4 is 5.78 Å². The lowest BCUT2D eigenvalue weighted by Gasteiger charge is -1.97. The highest BCUT2D eigenvalue weighted by Gasteiger charge is 2.06. The van der Waals surface area contributed by atoms with Crippen LogP contribution in [-0.2, 0) is 6.61 Å². The fraction of sp³-hybridized carbons (Fsp3) is 0.105. The minimum Gasteiger partial charge on any atom is -0.463 e. The van der Waals surface area contributed by atoms with Gasteiger partial charge in [-0.1, -0.05) is 0 Å². The number of carbonyl (C=O) groups is 1. The van der Waals surface area contributed by atoms with Gasteiger partial charge < -0.3 is 13.9 Å². The Hall–Kier alpha value is -3.65. The second-order valence-electron chi connectivity index (χ2n) is 5.35. The number of rotatable bonds is 4. The van der Waals surface area contributed by atoms with Gasteiger partial charge in [0.2, 0.25) is 0 Å². The minimum atomic E-state index is -0.110. The van der Waals surface area contributed by atoms with Gasteiger partial charge in [0.05, 0.1) is 49.6 Å². The smallest absolute Gasteiger partial charge is 0.179 e. The summed E-state index contributed by atoms with van der Waals surface area (Å²) in [5, 5.41) is 8.83. The molecular weight excluding hydrogens is 348 g/mol. The molecule has 0 spiro atoms. The molecule has 136 valence electrons. The van der Waals surface area contributed by atoms with Crippen molar-refractivity contribution in [2.24, 2.45) is 0 Å². The maximum atomic E-state index is 11.0. The summed E-state index contributed by atoms with van der Waals surface area (Å²) in [6.45, 7) is 1.34. The third-order valence-corrected chi connectivity index (χ3v) is 3.39. The van der Waals surface area contributed by atoms with Gasteiger partial charge in [0.25, 0.3) is 0 Å². The van der Waals surface area contributed by atoms with Crippen LogP contribution in [-0.4, -0.2) is 30.8 Å². The number of Topliss-reactive ketones (excluding diaryl/α,β-unsaturated/α-hetero) is 1. The average Bonchev–Trinajstić information content (AvgIpc) is 3.42.